The first kappa shape index (κ1) is 18.7. The molecule has 1 aliphatic carbocycles. The van der Waals surface area contributed by atoms with Crippen LogP contribution in [0.5, 0.6) is 0 Å². The fourth-order valence-electron chi connectivity index (χ4n) is 4.84. The van der Waals surface area contributed by atoms with E-state index in [9.17, 15) is 9.59 Å². The van der Waals surface area contributed by atoms with E-state index >= 15 is 0 Å². The number of carbonyl (C=O) groups is 2. The molecular formula is C20H34N2O3. The van der Waals surface area contributed by atoms with Gasteiger partial charge in [0.05, 0.1) is 5.60 Å². The summed E-state index contributed by atoms with van der Waals surface area (Å²) in [6, 6.07) is 0. The van der Waals surface area contributed by atoms with Gasteiger partial charge >= 0.3 is 0 Å². The van der Waals surface area contributed by atoms with E-state index in [1.54, 1.807) is 4.90 Å². The van der Waals surface area contributed by atoms with Gasteiger partial charge in [-0.2, -0.15) is 0 Å². The number of rotatable bonds is 4. The van der Waals surface area contributed by atoms with Crippen LogP contribution in [0, 0.1) is 11.8 Å². The minimum absolute atomic E-state index is 0.0976. The van der Waals surface area contributed by atoms with Crippen LogP contribution in [0.4, 0.5) is 0 Å². The fourth-order valence-corrected chi connectivity index (χ4v) is 4.84. The minimum atomic E-state index is -0.0976. The lowest BCUT2D eigenvalue weighted by Gasteiger charge is -2.46. The zero-order valence-corrected chi connectivity index (χ0v) is 16.0. The van der Waals surface area contributed by atoms with E-state index in [2.05, 4.69) is 4.90 Å². The molecule has 2 heterocycles. The maximum Gasteiger partial charge on any atom is 0.222 e. The van der Waals surface area contributed by atoms with Crippen LogP contribution in [-0.4, -0.2) is 61.0 Å². The Morgan fingerprint density at radius 3 is 2.36 bits per heavy atom. The summed E-state index contributed by atoms with van der Waals surface area (Å²) in [5, 5.41) is 0. The lowest BCUT2D eigenvalue weighted by atomic mass is 9.78. The molecule has 3 aliphatic rings. The Morgan fingerprint density at radius 2 is 1.72 bits per heavy atom. The molecule has 2 aliphatic heterocycles. The second-order valence-corrected chi connectivity index (χ2v) is 8.62. The molecule has 25 heavy (non-hydrogen) atoms. The fraction of sp³-hybridized carbons (Fsp3) is 0.900. The Balaban J connectivity index is 1.48. The van der Waals surface area contributed by atoms with Crippen molar-refractivity contribution in [2.75, 3.05) is 33.8 Å². The first-order valence-corrected chi connectivity index (χ1v) is 10.1. The summed E-state index contributed by atoms with van der Waals surface area (Å²) < 4.78 is 6.18. The third-order valence-corrected chi connectivity index (χ3v) is 6.52. The molecule has 2 saturated heterocycles. The molecule has 142 valence electrons. The number of likely N-dealkylation sites (tertiary alicyclic amines) is 1. The highest BCUT2D eigenvalue weighted by atomic mass is 16.5. The number of piperidine rings is 1. The first-order valence-electron chi connectivity index (χ1n) is 10.1. The maximum atomic E-state index is 12.5. The number of ether oxygens (including phenoxy) is 1. The van der Waals surface area contributed by atoms with Crippen LogP contribution >= 0.6 is 0 Å². The Labute approximate surface area is 152 Å². The van der Waals surface area contributed by atoms with Crippen molar-refractivity contribution in [1.82, 2.24) is 9.80 Å². The van der Waals surface area contributed by atoms with E-state index < -0.39 is 0 Å². The van der Waals surface area contributed by atoms with Gasteiger partial charge in [-0.25, -0.2) is 0 Å². The monoisotopic (exact) mass is 350 g/mol. The Morgan fingerprint density at radius 1 is 1.04 bits per heavy atom. The van der Waals surface area contributed by atoms with Crippen molar-refractivity contribution < 1.29 is 14.3 Å². The minimum Gasteiger partial charge on any atom is -0.375 e. The van der Waals surface area contributed by atoms with Crippen molar-refractivity contribution in [3.05, 3.63) is 0 Å². The second kappa shape index (κ2) is 8.07. The van der Waals surface area contributed by atoms with E-state index in [1.165, 1.54) is 25.7 Å². The van der Waals surface area contributed by atoms with Crippen LogP contribution in [0.2, 0.25) is 0 Å². The standard InChI is InChI=1S/C20H34N2O3/c1-21(2)18(23)14-17-7-12-25-20(15-17)8-10-22(11-9-20)19(24)13-16-5-3-4-6-16/h16-17H,3-15H2,1-2H3. The third-order valence-electron chi connectivity index (χ3n) is 6.52. The first-order chi connectivity index (χ1) is 12.0. The molecule has 0 aromatic rings. The van der Waals surface area contributed by atoms with E-state index in [0.29, 0.717) is 24.2 Å². The van der Waals surface area contributed by atoms with Crippen LogP contribution in [0.25, 0.3) is 0 Å². The van der Waals surface area contributed by atoms with Gasteiger partial charge in [0.15, 0.2) is 0 Å². The highest BCUT2D eigenvalue weighted by Crippen LogP contribution is 2.39. The number of hydrogen-bond donors (Lipinski definition) is 0. The molecule has 3 rings (SSSR count). The molecule has 2 amide bonds. The Bertz CT molecular complexity index is 477. The lowest BCUT2D eigenvalue weighted by molar-refractivity contribution is -0.150. The summed E-state index contributed by atoms with van der Waals surface area (Å²) in [6.45, 7) is 2.39. The van der Waals surface area contributed by atoms with Crippen LogP contribution in [0.3, 0.4) is 0 Å². The molecule has 0 bridgehead atoms. The van der Waals surface area contributed by atoms with Crippen molar-refractivity contribution in [3.63, 3.8) is 0 Å². The van der Waals surface area contributed by atoms with E-state index in [1.807, 2.05) is 14.1 Å². The van der Waals surface area contributed by atoms with Gasteiger partial charge in [0.2, 0.25) is 11.8 Å². The van der Waals surface area contributed by atoms with E-state index in [-0.39, 0.29) is 11.5 Å². The number of nitrogens with zero attached hydrogens (tertiary/aromatic N) is 2. The smallest absolute Gasteiger partial charge is 0.222 e. The number of amides is 2. The highest BCUT2D eigenvalue weighted by Gasteiger charge is 2.41. The largest absolute Gasteiger partial charge is 0.375 e. The van der Waals surface area contributed by atoms with E-state index in [4.69, 9.17) is 4.74 Å². The summed E-state index contributed by atoms with van der Waals surface area (Å²) in [5.74, 6) is 1.60. The molecule has 1 spiro atoms. The molecule has 1 unspecified atom stereocenters. The molecule has 0 radical (unpaired) electrons. The Kier molecular flexibility index (Phi) is 6.03. The zero-order chi connectivity index (χ0) is 17.9. The average Bonchev–Trinajstić information content (AvgIpc) is 3.08. The van der Waals surface area contributed by atoms with Gasteiger partial charge in [0, 0.05) is 46.6 Å². The predicted octanol–water partition coefficient (Wildman–Crippen LogP) is 2.83. The molecule has 0 aromatic carbocycles. The van der Waals surface area contributed by atoms with Gasteiger partial charge in [-0.15, -0.1) is 0 Å². The van der Waals surface area contributed by atoms with Gasteiger partial charge in [0.1, 0.15) is 0 Å². The third kappa shape index (κ3) is 4.75. The summed E-state index contributed by atoms with van der Waals surface area (Å²) in [6.07, 6.45) is 10.2. The lowest BCUT2D eigenvalue weighted by Crippen LogP contribution is -2.51. The van der Waals surface area contributed by atoms with Crippen molar-refractivity contribution in [2.45, 2.75) is 69.8 Å². The van der Waals surface area contributed by atoms with Crippen molar-refractivity contribution in [1.29, 1.82) is 0 Å². The molecule has 1 atom stereocenters. The van der Waals surface area contributed by atoms with Crippen molar-refractivity contribution in [3.8, 4) is 0 Å². The molecule has 5 nitrogen and oxygen atoms in total. The second-order valence-electron chi connectivity index (χ2n) is 8.62. The number of carbonyl (C=O) groups excluding carboxylic acids is 2. The van der Waals surface area contributed by atoms with Gasteiger partial charge in [-0.3, -0.25) is 9.59 Å². The summed E-state index contributed by atoms with van der Waals surface area (Å²) >= 11 is 0. The topological polar surface area (TPSA) is 49.9 Å². The zero-order valence-electron chi connectivity index (χ0n) is 16.0. The normalized spacial score (nSPS) is 26.8. The van der Waals surface area contributed by atoms with Gasteiger partial charge in [0.25, 0.3) is 0 Å². The maximum absolute atomic E-state index is 12.5. The SMILES string of the molecule is CN(C)C(=O)CC1CCOC2(CCN(C(=O)CC3CCCC3)CC2)C1. The average molecular weight is 351 g/mol. The molecule has 3 fully saturated rings. The van der Waals surface area contributed by atoms with Crippen LogP contribution in [0.1, 0.15) is 64.2 Å². The van der Waals surface area contributed by atoms with E-state index in [0.717, 1.165) is 51.8 Å². The van der Waals surface area contributed by atoms with Crippen LogP contribution in [0.15, 0.2) is 0 Å². The summed E-state index contributed by atoms with van der Waals surface area (Å²) in [7, 11) is 3.65. The Hall–Kier alpha value is -1.10. The molecule has 0 N–H and O–H groups in total. The number of hydrogen-bond acceptors (Lipinski definition) is 3. The van der Waals surface area contributed by atoms with Crippen molar-refractivity contribution >= 4 is 11.8 Å². The van der Waals surface area contributed by atoms with Crippen molar-refractivity contribution in [2.24, 2.45) is 11.8 Å². The highest BCUT2D eigenvalue weighted by molar-refractivity contribution is 5.76. The summed E-state index contributed by atoms with van der Waals surface area (Å²) in [4.78, 5) is 28.3. The van der Waals surface area contributed by atoms with Crippen LogP contribution < -0.4 is 0 Å². The van der Waals surface area contributed by atoms with Gasteiger partial charge in [-0.1, -0.05) is 12.8 Å². The quantitative estimate of drug-likeness (QED) is 0.783. The molecular weight excluding hydrogens is 316 g/mol. The predicted molar refractivity (Wildman–Crippen MR) is 97.1 cm³/mol. The molecule has 5 heteroatoms. The molecule has 0 aromatic heterocycles. The van der Waals surface area contributed by atoms with Gasteiger partial charge < -0.3 is 14.5 Å². The van der Waals surface area contributed by atoms with Crippen LogP contribution in [-0.2, 0) is 14.3 Å². The molecule has 1 saturated carbocycles. The van der Waals surface area contributed by atoms with Gasteiger partial charge in [-0.05, 0) is 50.4 Å². The summed E-state index contributed by atoms with van der Waals surface area (Å²) in [5.41, 5.74) is -0.0976.